The van der Waals surface area contributed by atoms with Gasteiger partial charge < -0.3 is 5.32 Å². The highest BCUT2D eigenvalue weighted by Gasteiger charge is 2.20. The number of hydrogen-bond donors (Lipinski definition) is 1. The fraction of sp³-hybridized carbons (Fsp3) is 0.692. The van der Waals surface area contributed by atoms with Crippen LogP contribution in [0.2, 0.25) is 0 Å². The quantitative estimate of drug-likeness (QED) is 0.825. The summed E-state index contributed by atoms with van der Waals surface area (Å²) < 4.78 is 1.21. The van der Waals surface area contributed by atoms with Crippen LogP contribution in [0.25, 0.3) is 0 Å². The maximum Gasteiger partial charge on any atom is 0.0285 e. The van der Waals surface area contributed by atoms with Gasteiger partial charge in [-0.1, -0.05) is 27.7 Å². The first-order valence-corrected chi connectivity index (χ1v) is 7.68. The number of thiophene rings is 1. The fourth-order valence-electron chi connectivity index (χ4n) is 1.85. The van der Waals surface area contributed by atoms with Crippen LogP contribution in [0.15, 0.2) is 15.9 Å². The molecular formula is C13H22BrNS. The second kappa shape index (κ2) is 6.77. The van der Waals surface area contributed by atoms with Crippen LogP contribution in [0.1, 0.15) is 32.6 Å². The highest BCUT2D eigenvalue weighted by Crippen LogP contribution is 2.24. The molecule has 0 radical (unpaired) electrons. The topological polar surface area (TPSA) is 12.0 Å². The van der Waals surface area contributed by atoms with Crippen molar-refractivity contribution in [1.82, 2.24) is 5.32 Å². The molecule has 0 aliphatic carbocycles. The highest BCUT2D eigenvalue weighted by molar-refractivity contribution is 9.10. The van der Waals surface area contributed by atoms with Crippen LogP contribution < -0.4 is 5.32 Å². The summed E-state index contributed by atoms with van der Waals surface area (Å²) in [5.41, 5.74) is 0. The van der Waals surface area contributed by atoms with E-state index in [9.17, 15) is 0 Å². The van der Waals surface area contributed by atoms with E-state index in [1.165, 1.54) is 9.35 Å². The van der Waals surface area contributed by atoms with E-state index in [2.05, 4.69) is 60.4 Å². The molecule has 1 rings (SSSR count). The summed E-state index contributed by atoms with van der Waals surface area (Å²) >= 11 is 5.36. The van der Waals surface area contributed by atoms with E-state index in [0.29, 0.717) is 12.0 Å². The Bertz CT molecular complexity index is 309. The van der Waals surface area contributed by atoms with Crippen molar-refractivity contribution in [2.45, 2.75) is 40.2 Å². The molecular weight excluding hydrogens is 282 g/mol. The number of halogens is 1. The third kappa shape index (κ3) is 4.19. The van der Waals surface area contributed by atoms with E-state index in [1.807, 2.05) is 11.3 Å². The fourth-order valence-corrected chi connectivity index (χ4v) is 3.36. The summed E-state index contributed by atoms with van der Waals surface area (Å²) in [6.45, 7) is 10.2. The molecule has 0 aliphatic heterocycles. The third-order valence-corrected chi connectivity index (χ3v) is 4.92. The van der Waals surface area contributed by atoms with Crippen LogP contribution in [0.3, 0.4) is 0 Å². The largest absolute Gasteiger partial charge is 0.314 e. The Labute approximate surface area is 112 Å². The summed E-state index contributed by atoms with van der Waals surface area (Å²) in [5.74, 6) is 1.44. The lowest BCUT2D eigenvalue weighted by Crippen LogP contribution is -2.38. The summed E-state index contributed by atoms with van der Waals surface area (Å²) in [6.07, 6.45) is 1.14. The molecule has 1 N–H and O–H groups in total. The summed E-state index contributed by atoms with van der Waals surface area (Å²) in [4.78, 5) is 1.46. The van der Waals surface area contributed by atoms with Crippen molar-refractivity contribution in [3.8, 4) is 0 Å². The van der Waals surface area contributed by atoms with Gasteiger partial charge in [0.15, 0.2) is 0 Å². The van der Waals surface area contributed by atoms with E-state index in [0.717, 1.165) is 18.9 Å². The predicted octanol–water partition coefficient (Wildman–Crippen LogP) is 4.32. The lowest BCUT2D eigenvalue weighted by atomic mass is 9.88. The van der Waals surface area contributed by atoms with Crippen molar-refractivity contribution in [3.63, 3.8) is 0 Å². The standard InChI is InChI=1S/C13H22BrNS/c1-5-15-13(10(4)9(2)3)7-12-6-11(14)8-16-12/h6,8-10,13,15H,5,7H2,1-4H3. The molecule has 3 heteroatoms. The van der Waals surface area contributed by atoms with E-state index in [4.69, 9.17) is 0 Å². The van der Waals surface area contributed by atoms with Gasteiger partial charge in [-0.05, 0) is 46.8 Å². The molecule has 92 valence electrons. The van der Waals surface area contributed by atoms with Crippen LogP contribution in [-0.4, -0.2) is 12.6 Å². The van der Waals surface area contributed by atoms with Crippen molar-refractivity contribution < 1.29 is 0 Å². The van der Waals surface area contributed by atoms with Gasteiger partial charge in [-0.2, -0.15) is 0 Å². The van der Waals surface area contributed by atoms with E-state index < -0.39 is 0 Å². The third-order valence-electron chi connectivity index (χ3n) is 3.20. The van der Waals surface area contributed by atoms with Crippen LogP contribution in [0, 0.1) is 11.8 Å². The molecule has 0 aliphatic rings. The molecule has 0 amide bonds. The molecule has 0 aromatic carbocycles. The molecule has 1 aromatic rings. The van der Waals surface area contributed by atoms with Crippen molar-refractivity contribution in [3.05, 3.63) is 20.8 Å². The van der Waals surface area contributed by atoms with Crippen LogP contribution >= 0.6 is 27.3 Å². The van der Waals surface area contributed by atoms with Crippen LogP contribution in [0.4, 0.5) is 0 Å². The monoisotopic (exact) mass is 303 g/mol. The van der Waals surface area contributed by atoms with Gasteiger partial charge in [-0.3, -0.25) is 0 Å². The van der Waals surface area contributed by atoms with E-state index in [-0.39, 0.29) is 0 Å². The van der Waals surface area contributed by atoms with Crippen LogP contribution in [-0.2, 0) is 6.42 Å². The van der Waals surface area contributed by atoms with Gasteiger partial charge in [0.25, 0.3) is 0 Å². The number of hydrogen-bond acceptors (Lipinski definition) is 2. The smallest absolute Gasteiger partial charge is 0.0285 e. The minimum atomic E-state index is 0.593. The molecule has 0 saturated carbocycles. The summed E-state index contributed by atoms with van der Waals surface area (Å²) in [5, 5.41) is 5.78. The first-order chi connectivity index (χ1) is 7.54. The van der Waals surface area contributed by atoms with Gasteiger partial charge in [0, 0.05) is 20.8 Å². The zero-order valence-electron chi connectivity index (χ0n) is 10.6. The summed E-state index contributed by atoms with van der Waals surface area (Å²) in [7, 11) is 0. The molecule has 0 bridgehead atoms. The molecule has 1 nitrogen and oxygen atoms in total. The number of likely N-dealkylation sites (N-methyl/N-ethyl adjacent to an activating group) is 1. The average Bonchev–Trinajstić information content (AvgIpc) is 2.62. The van der Waals surface area contributed by atoms with Gasteiger partial charge >= 0.3 is 0 Å². The minimum Gasteiger partial charge on any atom is -0.314 e. The Morgan fingerprint density at radius 2 is 2.06 bits per heavy atom. The van der Waals surface area contributed by atoms with Crippen LogP contribution in [0.5, 0.6) is 0 Å². The van der Waals surface area contributed by atoms with Crippen molar-refractivity contribution in [2.75, 3.05) is 6.54 Å². The highest BCUT2D eigenvalue weighted by atomic mass is 79.9. The van der Waals surface area contributed by atoms with Gasteiger partial charge in [-0.25, -0.2) is 0 Å². The zero-order chi connectivity index (χ0) is 12.1. The Kier molecular flexibility index (Phi) is 6.01. The van der Waals surface area contributed by atoms with Crippen molar-refractivity contribution in [2.24, 2.45) is 11.8 Å². The second-order valence-electron chi connectivity index (χ2n) is 4.70. The number of nitrogens with one attached hydrogen (secondary N) is 1. The average molecular weight is 304 g/mol. The first kappa shape index (κ1) is 14.2. The Morgan fingerprint density at radius 1 is 1.38 bits per heavy atom. The molecule has 1 heterocycles. The Hall–Kier alpha value is 0.140. The van der Waals surface area contributed by atoms with Gasteiger partial charge in [0.05, 0.1) is 0 Å². The molecule has 0 fully saturated rings. The second-order valence-corrected chi connectivity index (χ2v) is 6.61. The van der Waals surface area contributed by atoms with Gasteiger partial charge in [0.1, 0.15) is 0 Å². The zero-order valence-corrected chi connectivity index (χ0v) is 13.0. The molecule has 2 atom stereocenters. The Balaban J connectivity index is 2.63. The predicted molar refractivity (Wildman–Crippen MR) is 77.2 cm³/mol. The van der Waals surface area contributed by atoms with Crippen molar-refractivity contribution in [1.29, 1.82) is 0 Å². The normalized spacial score (nSPS) is 15.4. The molecule has 0 saturated heterocycles. The molecule has 2 unspecified atom stereocenters. The van der Waals surface area contributed by atoms with E-state index in [1.54, 1.807) is 0 Å². The molecule has 0 spiro atoms. The first-order valence-electron chi connectivity index (χ1n) is 6.00. The molecule has 1 aromatic heterocycles. The lowest BCUT2D eigenvalue weighted by Gasteiger charge is -2.27. The minimum absolute atomic E-state index is 0.593. The SMILES string of the molecule is CCNC(Cc1cc(Br)cs1)C(C)C(C)C. The van der Waals surface area contributed by atoms with E-state index >= 15 is 0 Å². The lowest BCUT2D eigenvalue weighted by molar-refractivity contribution is 0.301. The maximum atomic E-state index is 3.61. The maximum absolute atomic E-state index is 3.61. The Morgan fingerprint density at radius 3 is 2.50 bits per heavy atom. The van der Waals surface area contributed by atoms with Gasteiger partial charge in [0.2, 0.25) is 0 Å². The van der Waals surface area contributed by atoms with Gasteiger partial charge in [-0.15, -0.1) is 11.3 Å². The molecule has 16 heavy (non-hydrogen) atoms. The van der Waals surface area contributed by atoms with Crippen molar-refractivity contribution >= 4 is 27.3 Å². The number of rotatable bonds is 6. The summed E-state index contributed by atoms with van der Waals surface area (Å²) in [6, 6.07) is 2.83.